The van der Waals surface area contributed by atoms with Crippen molar-refractivity contribution in [1.29, 1.82) is 0 Å². The molecule has 1 aliphatic rings. The average Bonchev–Trinajstić information content (AvgIpc) is 2.64. The Balaban J connectivity index is 2.07. The van der Waals surface area contributed by atoms with E-state index >= 15 is 0 Å². The summed E-state index contributed by atoms with van der Waals surface area (Å²) in [4.78, 5) is 23.8. The van der Waals surface area contributed by atoms with Gasteiger partial charge < -0.3 is 15.4 Å². The largest absolute Gasteiger partial charge is 0.494 e. The summed E-state index contributed by atoms with van der Waals surface area (Å²) in [6.45, 7) is 0.627. The summed E-state index contributed by atoms with van der Waals surface area (Å²) in [5, 5.41) is 5.36. The highest BCUT2D eigenvalue weighted by Crippen LogP contribution is 2.18. The van der Waals surface area contributed by atoms with Gasteiger partial charge in [-0.1, -0.05) is 0 Å². The van der Waals surface area contributed by atoms with E-state index in [1.807, 2.05) is 0 Å². The molecule has 1 aliphatic heterocycles. The number of halogens is 1. The van der Waals surface area contributed by atoms with Crippen molar-refractivity contribution in [2.45, 2.75) is 25.3 Å². The minimum atomic E-state index is -0.606. The van der Waals surface area contributed by atoms with Crippen LogP contribution in [0.1, 0.15) is 29.6 Å². The maximum absolute atomic E-state index is 13.5. The van der Waals surface area contributed by atoms with Gasteiger partial charge in [-0.3, -0.25) is 9.59 Å². The van der Waals surface area contributed by atoms with Gasteiger partial charge in [0.2, 0.25) is 5.91 Å². The third-order valence-electron chi connectivity index (χ3n) is 3.25. The van der Waals surface area contributed by atoms with Crippen molar-refractivity contribution in [3.63, 3.8) is 0 Å². The molecule has 1 saturated heterocycles. The van der Waals surface area contributed by atoms with Crippen LogP contribution in [-0.4, -0.2) is 31.5 Å². The molecule has 0 unspecified atom stereocenters. The van der Waals surface area contributed by atoms with Crippen LogP contribution in [-0.2, 0) is 4.79 Å². The molecule has 20 heavy (non-hydrogen) atoms. The van der Waals surface area contributed by atoms with Gasteiger partial charge in [0.25, 0.3) is 5.91 Å². The van der Waals surface area contributed by atoms with Crippen LogP contribution in [0.3, 0.4) is 0 Å². The summed E-state index contributed by atoms with van der Waals surface area (Å²) < 4.78 is 18.3. The average molecular weight is 280 g/mol. The number of hydrogen-bond donors (Lipinski definition) is 2. The molecule has 0 aromatic heterocycles. The van der Waals surface area contributed by atoms with Gasteiger partial charge >= 0.3 is 0 Å². The Morgan fingerprint density at radius 3 is 2.95 bits per heavy atom. The molecule has 5 nitrogen and oxygen atoms in total. The summed E-state index contributed by atoms with van der Waals surface area (Å²) in [5.74, 6) is -1.18. The van der Waals surface area contributed by atoms with Crippen molar-refractivity contribution in [3.8, 4) is 5.75 Å². The Hall–Kier alpha value is -2.11. The maximum atomic E-state index is 13.5. The van der Waals surface area contributed by atoms with Gasteiger partial charge in [0.05, 0.1) is 7.11 Å². The fourth-order valence-corrected chi connectivity index (χ4v) is 2.13. The van der Waals surface area contributed by atoms with Crippen molar-refractivity contribution in [2.75, 3.05) is 13.7 Å². The van der Waals surface area contributed by atoms with Crippen LogP contribution in [0.4, 0.5) is 4.39 Å². The van der Waals surface area contributed by atoms with E-state index in [4.69, 9.17) is 4.74 Å². The number of hydrogen-bond acceptors (Lipinski definition) is 3. The minimum Gasteiger partial charge on any atom is -0.494 e. The number of carbonyl (C=O) groups is 2. The number of carbonyl (C=O) groups excluding carboxylic acids is 2. The number of rotatable bonds is 3. The smallest absolute Gasteiger partial charge is 0.252 e. The lowest BCUT2D eigenvalue weighted by Crippen LogP contribution is -2.45. The molecule has 108 valence electrons. The zero-order valence-electron chi connectivity index (χ0n) is 11.2. The Labute approximate surface area is 116 Å². The minimum absolute atomic E-state index is 0.0776. The van der Waals surface area contributed by atoms with E-state index in [0.717, 1.165) is 18.9 Å². The lowest BCUT2D eigenvalue weighted by Gasteiger charge is -2.15. The lowest BCUT2D eigenvalue weighted by atomic mass is 10.1. The van der Waals surface area contributed by atoms with Gasteiger partial charge in [-0.05, 0) is 37.5 Å². The number of ether oxygens (including phenoxy) is 1. The molecule has 1 aromatic rings. The molecule has 0 aliphatic carbocycles. The molecule has 1 atom stereocenters. The quantitative estimate of drug-likeness (QED) is 0.875. The molecule has 0 spiro atoms. The lowest BCUT2D eigenvalue weighted by molar-refractivity contribution is -0.122. The van der Waals surface area contributed by atoms with E-state index in [9.17, 15) is 14.0 Å². The fraction of sp³-hybridized carbons (Fsp3) is 0.429. The number of amides is 2. The second kappa shape index (κ2) is 6.36. The molecule has 2 N–H and O–H groups in total. The second-order valence-electron chi connectivity index (χ2n) is 4.66. The topological polar surface area (TPSA) is 67.4 Å². The van der Waals surface area contributed by atoms with Crippen molar-refractivity contribution in [1.82, 2.24) is 10.6 Å². The first-order chi connectivity index (χ1) is 9.61. The highest BCUT2D eigenvalue weighted by Gasteiger charge is 2.23. The Bertz CT molecular complexity index is 519. The highest BCUT2D eigenvalue weighted by atomic mass is 19.1. The molecule has 1 fully saturated rings. The standard InChI is InChI=1S/C14H17FN2O3/c1-20-12-6-5-9(8-10(12)15)13(18)17-11-4-2-3-7-16-14(11)19/h5-6,8,11H,2-4,7H2,1H3,(H,16,19)(H,17,18)/t11-/m0/s1. The van der Waals surface area contributed by atoms with E-state index in [2.05, 4.69) is 10.6 Å². The molecular formula is C14H17FN2O3. The van der Waals surface area contributed by atoms with Gasteiger partial charge in [-0.2, -0.15) is 0 Å². The first-order valence-electron chi connectivity index (χ1n) is 6.54. The summed E-state index contributed by atoms with van der Waals surface area (Å²) >= 11 is 0. The predicted octanol–water partition coefficient (Wildman–Crippen LogP) is 1.23. The zero-order valence-corrected chi connectivity index (χ0v) is 11.2. The first-order valence-corrected chi connectivity index (χ1v) is 6.54. The predicted molar refractivity (Wildman–Crippen MR) is 71.1 cm³/mol. The zero-order chi connectivity index (χ0) is 14.5. The molecule has 0 saturated carbocycles. The van der Waals surface area contributed by atoms with Crippen molar-refractivity contribution < 1.29 is 18.7 Å². The molecule has 2 amide bonds. The molecule has 2 rings (SSSR count). The molecule has 0 radical (unpaired) electrons. The third kappa shape index (κ3) is 3.26. The van der Waals surface area contributed by atoms with Crippen LogP contribution in [0.5, 0.6) is 5.75 Å². The monoisotopic (exact) mass is 280 g/mol. The number of methoxy groups -OCH3 is 1. The Morgan fingerprint density at radius 2 is 2.25 bits per heavy atom. The maximum Gasteiger partial charge on any atom is 0.252 e. The van der Waals surface area contributed by atoms with Crippen LogP contribution >= 0.6 is 0 Å². The molecule has 0 bridgehead atoms. The van der Waals surface area contributed by atoms with E-state index in [1.165, 1.54) is 19.2 Å². The molecule has 6 heteroatoms. The van der Waals surface area contributed by atoms with Crippen molar-refractivity contribution >= 4 is 11.8 Å². The normalized spacial score (nSPS) is 18.9. The summed E-state index contributed by atoms with van der Waals surface area (Å²) in [5.41, 5.74) is 0.167. The van der Waals surface area contributed by atoms with Crippen molar-refractivity contribution in [3.05, 3.63) is 29.6 Å². The van der Waals surface area contributed by atoms with E-state index in [-0.39, 0.29) is 17.2 Å². The summed E-state index contributed by atoms with van der Waals surface area (Å²) in [6.07, 6.45) is 2.35. The van der Waals surface area contributed by atoms with Gasteiger partial charge in [-0.15, -0.1) is 0 Å². The van der Waals surface area contributed by atoms with E-state index in [0.29, 0.717) is 13.0 Å². The van der Waals surface area contributed by atoms with Gasteiger partial charge in [0, 0.05) is 12.1 Å². The second-order valence-corrected chi connectivity index (χ2v) is 4.66. The van der Waals surface area contributed by atoms with Crippen LogP contribution in [0.2, 0.25) is 0 Å². The SMILES string of the molecule is COc1ccc(C(=O)N[C@H]2CCCCNC2=O)cc1F. The number of benzene rings is 1. The highest BCUT2D eigenvalue weighted by molar-refractivity contribution is 5.97. The summed E-state index contributed by atoms with van der Waals surface area (Å²) in [7, 11) is 1.36. The number of nitrogens with one attached hydrogen (secondary N) is 2. The molecule has 1 heterocycles. The fourth-order valence-electron chi connectivity index (χ4n) is 2.13. The molecular weight excluding hydrogens is 263 g/mol. The summed E-state index contributed by atoms with van der Waals surface area (Å²) in [6, 6.07) is 3.39. The van der Waals surface area contributed by atoms with Crippen LogP contribution in [0.15, 0.2) is 18.2 Å². The molecule has 1 aromatic carbocycles. The van der Waals surface area contributed by atoms with Gasteiger partial charge in [0.1, 0.15) is 6.04 Å². The van der Waals surface area contributed by atoms with E-state index < -0.39 is 17.8 Å². The van der Waals surface area contributed by atoms with E-state index in [1.54, 1.807) is 0 Å². The van der Waals surface area contributed by atoms with Gasteiger partial charge in [-0.25, -0.2) is 4.39 Å². The third-order valence-corrected chi connectivity index (χ3v) is 3.25. The Morgan fingerprint density at radius 1 is 1.45 bits per heavy atom. The van der Waals surface area contributed by atoms with Crippen molar-refractivity contribution in [2.24, 2.45) is 0 Å². The van der Waals surface area contributed by atoms with Crippen LogP contribution in [0, 0.1) is 5.82 Å². The van der Waals surface area contributed by atoms with Crippen LogP contribution in [0.25, 0.3) is 0 Å². The van der Waals surface area contributed by atoms with Crippen LogP contribution < -0.4 is 15.4 Å². The Kier molecular flexibility index (Phi) is 4.55. The first kappa shape index (κ1) is 14.3. The van der Waals surface area contributed by atoms with Gasteiger partial charge in [0.15, 0.2) is 11.6 Å².